The highest BCUT2D eigenvalue weighted by Crippen LogP contribution is 2.20. The van der Waals surface area contributed by atoms with Gasteiger partial charge < -0.3 is 5.32 Å². The molecule has 0 aliphatic rings. The van der Waals surface area contributed by atoms with Gasteiger partial charge in [0, 0.05) is 11.6 Å². The molecule has 0 aliphatic heterocycles. The second-order valence-corrected chi connectivity index (χ2v) is 7.63. The Morgan fingerprint density at radius 1 is 1.12 bits per heavy atom. The van der Waals surface area contributed by atoms with Crippen molar-refractivity contribution in [2.75, 3.05) is 5.32 Å². The number of hydrogen-bond acceptors (Lipinski definition) is 3. The van der Waals surface area contributed by atoms with Gasteiger partial charge in [-0.1, -0.05) is 13.3 Å². The van der Waals surface area contributed by atoms with Crippen molar-refractivity contribution in [3.8, 4) is 0 Å². The first-order chi connectivity index (χ1) is 12.2. The largest absolute Gasteiger partial charge is 0.319 e. The molecule has 5 nitrogen and oxygen atoms in total. The van der Waals surface area contributed by atoms with E-state index >= 15 is 0 Å². The third-order valence-electron chi connectivity index (χ3n) is 3.68. The maximum atomic E-state index is 14.2. The molecule has 0 radical (unpaired) electrons. The molecule has 0 aliphatic carbocycles. The topological polar surface area (TPSA) is 75.3 Å². The summed E-state index contributed by atoms with van der Waals surface area (Å²) in [6, 6.07) is 7.72. The van der Waals surface area contributed by atoms with Crippen LogP contribution in [0, 0.1) is 11.6 Å². The van der Waals surface area contributed by atoms with Crippen LogP contribution in [0.1, 0.15) is 37.0 Å². The Morgan fingerprint density at radius 2 is 1.77 bits per heavy atom. The smallest absolute Gasteiger partial charge is 0.255 e. The number of carbonyl (C=O) groups excluding carboxylic acids is 1. The van der Waals surface area contributed by atoms with Crippen molar-refractivity contribution < 1.29 is 22.0 Å². The Labute approximate surface area is 151 Å². The molecule has 8 heteroatoms. The van der Waals surface area contributed by atoms with Crippen molar-refractivity contribution in [2.24, 2.45) is 0 Å². The number of hydrogen-bond donors (Lipinski definition) is 2. The third kappa shape index (κ3) is 5.09. The van der Waals surface area contributed by atoms with Crippen molar-refractivity contribution >= 4 is 21.6 Å². The lowest BCUT2D eigenvalue weighted by molar-refractivity contribution is 0.102. The van der Waals surface area contributed by atoms with Gasteiger partial charge in [0.15, 0.2) is 0 Å². The first kappa shape index (κ1) is 20.0. The summed E-state index contributed by atoms with van der Waals surface area (Å²) in [7, 11) is -3.85. The zero-order valence-electron chi connectivity index (χ0n) is 14.4. The van der Waals surface area contributed by atoms with Gasteiger partial charge in [-0.25, -0.2) is 21.9 Å². The molecule has 1 amide bonds. The highest BCUT2D eigenvalue weighted by atomic mass is 32.2. The average Bonchev–Trinajstić information content (AvgIpc) is 2.56. The van der Waals surface area contributed by atoms with Gasteiger partial charge in [0.2, 0.25) is 10.0 Å². The first-order valence-electron chi connectivity index (χ1n) is 8.11. The molecular formula is C18H20F2N2O3S. The molecule has 0 aromatic heterocycles. The molecular weight excluding hydrogens is 362 g/mol. The summed E-state index contributed by atoms with van der Waals surface area (Å²) in [6.07, 6.45) is 1.47. The van der Waals surface area contributed by atoms with Gasteiger partial charge in [-0.15, -0.1) is 0 Å². The van der Waals surface area contributed by atoms with E-state index in [4.69, 9.17) is 0 Å². The van der Waals surface area contributed by atoms with Gasteiger partial charge >= 0.3 is 0 Å². The van der Waals surface area contributed by atoms with E-state index in [0.29, 0.717) is 6.42 Å². The van der Waals surface area contributed by atoms with Gasteiger partial charge in [-0.05, 0) is 55.8 Å². The molecule has 0 saturated heterocycles. The predicted octanol–water partition coefficient (Wildman–Crippen LogP) is 3.68. The standard InChI is InChI=1S/C18H20F2N2O3S/c1-3-4-12(2)22-26(24,25)15-9-10-17(16(20)11-15)21-18(23)13-5-7-14(19)8-6-13/h5-12,22H,3-4H2,1-2H3,(H,21,23)/t12-/m0/s1. The van der Waals surface area contributed by atoms with Crippen LogP contribution in [0.5, 0.6) is 0 Å². The normalized spacial score (nSPS) is 12.6. The summed E-state index contributed by atoms with van der Waals surface area (Å²) in [4.78, 5) is 11.8. The van der Waals surface area contributed by atoms with Gasteiger partial charge in [-0.2, -0.15) is 0 Å². The highest BCUT2D eigenvalue weighted by molar-refractivity contribution is 7.89. The first-order valence-corrected chi connectivity index (χ1v) is 9.60. The van der Waals surface area contributed by atoms with Crippen molar-refractivity contribution in [3.05, 3.63) is 59.7 Å². The maximum Gasteiger partial charge on any atom is 0.255 e. The fourth-order valence-corrected chi connectivity index (χ4v) is 3.67. The molecule has 2 rings (SSSR count). The maximum absolute atomic E-state index is 14.2. The molecule has 2 aromatic carbocycles. The fourth-order valence-electron chi connectivity index (χ4n) is 2.38. The second-order valence-electron chi connectivity index (χ2n) is 5.91. The van der Waals surface area contributed by atoms with Crippen LogP contribution in [0.4, 0.5) is 14.5 Å². The van der Waals surface area contributed by atoms with Crippen LogP contribution < -0.4 is 10.0 Å². The Balaban J connectivity index is 2.16. The molecule has 0 unspecified atom stereocenters. The summed E-state index contributed by atoms with van der Waals surface area (Å²) < 4.78 is 54.1. The summed E-state index contributed by atoms with van der Waals surface area (Å²) in [5, 5.41) is 2.33. The number of anilines is 1. The number of rotatable bonds is 7. The molecule has 2 N–H and O–H groups in total. The van der Waals surface area contributed by atoms with Crippen LogP contribution in [-0.4, -0.2) is 20.4 Å². The van der Waals surface area contributed by atoms with Crippen LogP contribution >= 0.6 is 0 Å². The van der Waals surface area contributed by atoms with Gasteiger partial charge in [0.25, 0.3) is 5.91 Å². The predicted molar refractivity (Wildman–Crippen MR) is 95.4 cm³/mol. The minimum atomic E-state index is -3.85. The zero-order valence-corrected chi connectivity index (χ0v) is 15.2. The van der Waals surface area contributed by atoms with Gasteiger partial charge in [0.1, 0.15) is 11.6 Å². The van der Waals surface area contributed by atoms with Crippen LogP contribution in [0.3, 0.4) is 0 Å². The molecule has 1 atom stereocenters. The van der Waals surface area contributed by atoms with E-state index in [2.05, 4.69) is 10.0 Å². The number of sulfonamides is 1. The number of nitrogens with one attached hydrogen (secondary N) is 2. The monoisotopic (exact) mass is 382 g/mol. The van der Waals surface area contributed by atoms with Crippen LogP contribution in [-0.2, 0) is 10.0 Å². The SMILES string of the molecule is CCC[C@H](C)NS(=O)(=O)c1ccc(NC(=O)c2ccc(F)cc2)c(F)c1. The van der Waals surface area contributed by atoms with Gasteiger partial charge in [-0.3, -0.25) is 4.79 Å². The molecule has 0 heterocycles. The van der Waals surface area contributed by atoms with Crippen LogP contribution in [0.2, 0.25) is 0 Å². The lowest BCUT2D eigenvalue weighted by atomic mass is 10.2. The second kappa shape index (κ2) is 8.37. The minimum Gasteiger partial charge on any atom is -0.319 e. The Hall–Kier alpha value is -2.32. The van der Waals surface area contributed by atoms with Crippen LogP contribution in [0.25, 0.3) is 0 Å². The van der Waals surface area contributed by atoms with Crippen molar-refractivity contribution in [3.63, 3.8) is 0 Å². The molecule has 0 saturated carbocycles. The molecule has 0 spiro atoms. The summed E-state index contributed by atoms with van der Waals surface area (Å²) in [5.41, 5.74) is -0.0163. The van der Waals surface area contributed by atoms with E-state index in [9.17, 15) is 22.0 Å². The van der Waals surface area contributed by atoms with E-state index in [1.807, 2.05) is 6.92 Å². The molecule has 26 heavy (non-hydrogen) atoms. The van der Waals surface area contributed by atoms with Gasteiger partial charge in [0.05, 0.1) is 10.6 Å². The summed E-state index contributed by atoms with van der Waals surface area (Å²) in [6.45, 7) is 3.66. The molecule has 0 bridgehead atoms. The Bertz CT molecular complexity index is 884. The summed E-state index contributed by atoms with van der Waals surface area (Å²) >= 11 is 0. The van der Waals surface area contributed by atoms with E-state index in [0.717, 1.165) is 24.6 Å². The molecule has 140 valence electrons. The van der Waals surface area contributed by atoms with E-state index in [1.54, 1.807) is 6.92 Å². The summed E-state index contributed by atoms with van der Waals surface area (Å²) in [5.74, 6) is -2.01. The average molecular weight is 382 g/mol. The lowest BCUT2D eigenvalue weighted by Crippen LogP contribution is -2.32. The number of halogens is 2. The van der Waals surface area contributed by atoms with E-state index < -0.39 is 27.6 Å². The fraction of sp³-hybridized carbons (Fsp3) is 0.278. The Morgan fingerprint density at radius 3 is 2.35 bits per heavy atom. The lowest BCUT2D eigenvalue weighted by Gasteiger charge is -2.14. The van der Waals surface area contributed by atoms with E-state index in [1.165, 1.54) is 24.3 Å². The third-order valence-corrected chi connectivity index (χ3v) is 5.27. The van der Waals surface area contributed by atoms with Crippen LogP contribution in [0.15, 0.2) is 47.4 Å². The van der Waals surface area contributed by atoms with Crippen molar-refractivity contribution in [2.45, 2.75) is 37.6 Å². The Kier molecular flexibility index (Phi) is 6.44. The number of amides is 1. The quantitative estimate of drug-likeness (QED) is 0.767. The van der Waals surface area contributed by atoms with E-state index in [-0.39, 0.29) is 22.2 Å². The van der Waals surface area contributed by atoms with Crippen molar-refractivity contribution in [1.82, 2.24) is 4.72 Å². The molecule has 0 fully saturated rings. The molecule has 2 aromatic rings. The highest BCUT2D eigenvalue weighted by Gasteiger charge is 2.19. The number of carbonyl (C=O) groups is 1. The number of benzene rings is 2. The zero-order chi connectivity index (χ0) is 19.3. The minimum absolute atomic E-state index is 0.151. The van der Waals surface area contributed by atoms with Crippen molar-refractivity contribution in [1.29, 1.82) is 0 Å².